The van der Waals surface area contributed by atoms with Crippen molar-refractivity contribution in [3.8, 4) is 11.6 Å². The van der Waals surface area contributed by atoms with Crippen LogP contribution in [-0.4, -0.2) is 26.3 Å². The Morgan fingerprint density at radius 3 is 2.69 bits per heavy atom. The van der Waals surface area contributed by atoms with E-state index in [0.29, 0.717) is 18.7 Å². The van der Waals surface area contributed by atoms with Crippen molar-refractivity contribution >= 4 is 26.8 Å². The van der Waals surface area contributed by atoms with Crippen LogP contribution in [0.25, 0.3) is 10.9 Å². The number of rotatable bonds is 3. The summed E-state index contributed by atoms with van der Waals surface area (Å²) in [6.45, 7) is 2.28. The highest BCUT2D eigenvalue weighted by molar-refractivity contribution is 9.10. The Kier molecular flexibility index (Phi) is 4.10. The van der Waals surface area contributed by atoms with Gasteiger partial charge in [-0.2, -0.15) is 0 Å². The summed E-state index contributed by atoms with van der Waals surface area (Å²) in [5.74, 6) is 0.804. The smallest absolute Gasteiger partial charge is 0.332 e. The average Bonchev–Trinajstić information content (AvgIpc) is 3.21. The molecule has 0 saturated carbocycles. The Balaban J connectivity index is 1.83. The van der Waals surface area contributed by atoms with Gasteiger partial charge in [0.15, 0.2) is 0 Å². The second-order valence-corrected chi connectivity index (χ2v) is 8.14. The Morgan fingerprint density at radius 1 is 1.24 bits per heavy atom. The number of aromatic amines is 1. The average molecular weight is 454 g/mol. The molecule has 1 atom stereocenters. The molecule has 0 fully saturated rings. The molecule has 0 amide bonds. The van der Waals surface area contributed by atoms with Gasteiger partial charge in [-0.1, -0.05) is 28.1 Å². The highest BCUT2D eigenvalue weighted by Gasteiger charge is 2.35. The first kappa shape index (κ1) is 18.1. The number of benzene rings is 2. The van der Waals surface area contributed by atoms with Crippen molar-refractivity contribution in [2.45, 2.75) is 25.9 Å². The van der Waals surface area contributed by atoms with Crippen LogP contribution in [0.3, 0.4) is 0 Å². The minimum absolute atomic E-state index is 0.0472. The van der Waals surface area contributed by atoms with E-state index in [1.165, 1.54) is 4.57 Å². The van der Waals surface area contributed by atoms with Crippen LogP contribution >= 0.6 is 15.9 Å². The molecule has 5 rings (SSSR count). The van der Waals surface area contributed by atoms with E-state index in [1.807, 2.05) is 43.3 Å². The van der Waals surface area contributed by atoms with Crippen molar-refractivity contribution in [1.82, 2.24) is 14.1 Å². The van der Waals surface area contributed by atoms with E-state index < -0.39 is 0 Å². The van der Waals surface area contributed by atoms with Gasteiger partial charge in [0, 0.05) is 34.0 Å². The van der Waals surface area contributed by atoms with Gasteiger partial charge in [0.25, 0.3) is 0 Å². The van der Waals surface area contributed by atoms with Gasteiger partial charge in [-0.05, 0) is 48.4 Å². The summed E-state index contributed by atoms with van der Waals surface area (Å²) >= 11 is 3.56. The fourth-order valence-electron chi connectivity index (χ4n) is 4.38. The van der Waals surface area contributed by atoms with Crippen LogP contribution in [0.4, 0.5) is 0 Å². The van der Waals surface area contributed by atoms with Gasteiger partial charge in [-0.25, -0.2) is 4.79 Å². The lowest BCUT2D eigenvalue weighted by Crippen LogP contribution is -2.32. The van der Waals surface area contributed by atoms with E-state index in [9.17, 15) is 9.90 Å². The first-order valence-electron chi connectivity index (χ1n) is 9.50. The predicted molar refractivity (Wildman–Crippen MR) is 115 cm³/mol. The maximum atomic E-state index is 13.2. The summed E-state index contributed by atoms with van der Waals surface area (Å²) in [4.78, 5) is 16.7. The molecular weight excluding hydrogens is 434 g/mol. The van der Waals surface area contributed by atoms with Gasteiger partial charge in [0.1, 0.15) is 11.8 Å². The van der Waals surface area contributed by atoms with Gasteiger partial charge < -0.3 is 14.8 Å². The van der Waals surface area contributed by atoms with Crippen molar-refractivity contribution in [3.05, 3.63) is 79.9 Å². The number of ether oxygens (including phenoxy) is 1. The summed E-state index contributed by atoms with van der Waals surface area (Å²) in [6, 6.07) is 13.5. The summed E-state index contributed by atoms with van der Waals surface area (Å²) in [7, 11) is 1.63. The quantitative estimate of drug-likeness (QED) is 0.430. The van der Waals surface area contributed by atoms with Gasteiger partial charge in [0.2, 0.25) is 5.88 Å². The number of hydrogen-bond acceptors (Lipinski definition) is 3. The number of H-pyrrole nitrogens is 1. The monoisotopic (exact) mass is 453 g/mol. The molecular formula is C22H20BrN3O3. The molecule has 148 valence electrons. The number of halogens is 1. The standard InChI is InChI=1S/C22H20BrN3O3/c1-3-25-21(27)18-11-16-15-10-13(23)6-9-17(15)24-19(16)20(26(18)22(25)28)12-4-7-14(29-2)8-5-12/h4-10,20,24,27H,3,11H2,1-2H3. The van der Waals surface area contributed by atoms with E-state index in [2.05, 4.69) is 27.0 Å². The Bertz CT molecular complexity index is 1300. The fourth-order valence-corrected chi connectivity index (χ4v) is 4.74. The summed E-state index contributed by atoms with van der Waals surface area (Å²) < 4.78 is 9.43. The third kappa shape index (κ3) is 2.57. The molecule has 0 bridgehead atoms. The zero-order valence-electron chi connectivity index (χ0n) is 16.1. The number of fused-ring (bicyclic) bond motifs is 4. The number of nitrogens with zero attached hydrogens (tertiary/aromatic N) is 2. The van der Waals surface area contributed by atoms with Crippen LogP contribution < -0.4 is 10.4 Å². The number of nitrogens with one attached hydrogen (secondary N) is 1. The Morgan fingerprint density at radius 2 is 2.00 bits per heavy atom. The molecule has 29 heavy (non-hydrogen) atoms. The van der Waals surface area contributed by atoms with E-state index >= 15 is 0 Å². The second kappa shape index (κ2) is 6.56. The highest BCUT2D eigenvalue weighted by Crippen LogP contribution is 2.41. The molecule has 0 aliphatic carbocycles. The van der Waals surface area contributed by atoms with Gasteiger partial charge in [-0.3, -0.25) is 9.13 Å². The molecule has 0 radical (unpaired) electrons. The zero-order chi connectivity index (χ0) is 20.3. The molecule has 1 unspecified atom stereocenters. The van der Waals surface area contributed by atoms with Crippen molar-refractivity contribution in [2.24, 2.45) is 0 Å². The number of aromatic hydroxyl groups is 1. The van der Waals surface area contributed by atoms with Crippen LogP contribution in [0.2, 0.25) is 0 Å². The third-order valence-corrected chi connectivity index (χ3v) is 6.26. The van der Waals surface area contributed by atoms with Crippen molar-refractivity contribution in [1.29, 1.82) is 0 Å². The molecule has 0 spiro atoms. The highest BCUT2D eigenvalue weighted by atomic mass is 79.9. The number of aromatic nitrogens is 3. The molecule has 3 heterocycles. The van der Waals surface area contributed by atoms with Crippen molar-refractivity contribution in [2.75, 3.05) is 7.11 Å². The molecule has 0 saturated heterocycles. The lowest BCUT2D eigenvalue weighted by molar-refractivity contribution is 0.413. The van der Waals surface area contributed by atoms with Crippen LogP contribution in [0.5, 0.6) is 11.6 Å². The zero-order valence-corrected chi connectivity index (χ0v) is 17.7. The molecule has 4 aromatic rings. The fraction of sp³-hybridized carbons (Fsp3) is 0.227. The van der Waals surface area contributed by atoms with Crippen LogP contribution in [-0.2, 0) is 13.0 Å². The number of imidazole rings is 1. The second-order valence-electron chi connectivity index (χ2n) is 7.23. The summed E-state index contributed by atoms with van der Waals surface area (Å²) in [5, 5.41) is 11.9. The lowest BCUT2D eigenvalue weighted by atomic mass is 9.93. The first-order valence-corrected chi connectivity index (χ1v) is 10.3. The first-order chi connectivity index (χ1) is 14.0. The molecule has 2 aromatic heterocycles. The predicted octanol–water partition coefficient (Wildman–Crippen LogP) is 4.17. The third-order valence-electron chi connectivity index (χ3n) is 5.77. The number of hydrogen-bond donors (Lipinski definition) is 2. The summed E-state index contributed by atoms with van der Waals surface area (Å²) in [6.07, 6.45) is 0.493. The maximum absolute atomic E-state index is 13.2. The summed E-state index contributed by atoms with van der Waals surface area (Å²) in [5.41, 5.74) is 4.49. The van der Waals surface area contributed by atoms with Crippen LogP contribution in [0, 0.1) is 0 Å². The van der Waals surface area contributed by atoms with Crippen LogP contribution in [0.15, 0.2) is 51.7 Å². The van der Waals surface area contributed by atoms with E-state index in [-0.39, 0.29) is 17.6 Å². The SMILES string of the molecule is CCn1c(O)c2n(c1=O)C(c1ccc(OC)cc1)c1[nH]c3ccc(Br)cc3c1C2. The van der Waals surface area contributed by atoms with E-state index in [0.717, 1.165) is 37.9 Å². The van der Waals surface area contributed by atoms with Gasteiger partial charge in [0.05, 0.1) is 12.8 Å². The lowest BCUT2D eigenvalue weighted by Gasteiger charge is -2.26. The van der Waals surface area contributed by atoms with Crippen molar-refractivity contribution in [3.63, 3.8) is 0 Å². The number of methoxy groups -OCH3 is 1. The minimum Gasteiger partial charge on any atom is -0.497 e. The van der Waals surface area contributed by atoms with Crippen molar-refractivity contribution < 1.29 is 9.84 Å². The van der Waals surface area contributed by atoms with Crippen LogP contribution in [0.1, 0.15) is 35.5 Å². The molecule has 1 aliphatic rings. The van der Waals surface area contributed by atoms with Gasteiger partial charge in [-0.15, -0.1) is 0 Å². The maximum Gasteiger partial charge on any atom is 0.332 e. The van der Waals surface area contributed by atoms with E-state index in [4.69, 9.17) is 4.74 Å². The van der Waals surface area contributed by atoms with E-state index in [1.54, 1.807) is 11.7 Å². The molecule has 6 nitrogen and oxygen atoms in total. The largest absolute Gasteiger partial charge is 0.497 e. The topological polar surface area (TPSA) is 72.2 Å². The molecule has 1 aliphatic heterocycles. The molecule has 7 heteroatoms. The normalized spacial score (nSPS) is 15.3. The Labute approximate surface area is 175 Å². The Hall–Kier alpha value is -2.93. The van der Waals surface area contributed by atoms with Gasteiger partial charge >= 0.3 is 5.69 Å². The minimum atomic E-state index is -0.350. The molecule has 2 N–H and O–H groups in total. The molecule has 2 aromatic carbocycles.